The van der Waals surface area contributed by atoms with Gasteiger partial charge in [-0.1, -0.05) is 48.5 Å². The van der Waals surface area contributed by atoms with Crippen LogP contribution in [0.25, 0.3) is 11.3 Å². The van der Waals surface area contributed by atoms with Crippen LogP contribution in [0.15, 0.2) is 65.2 Å². The lowest BCUT2D eigenvalue weighted by molar-refractivity contribution is 0.337. The summed E-state index contributed by atoms with van der Waals surface area (Å²) in [6.45, 7) is 2.52. The molecular formula is C19H19NO3S. The van der Waals surface area contributed by atoms with E-state index in [1.165, 1.54) is 0 Å². The quantitative estimate of drug-likeness (QED) is 0.646. The predicted molar refractivity (Wildman–Crippen MR) is 95.1 cm³/mol. The largest absolute Gasteiger partial charge is 0.494 e. The van der Waals surface area contributed by atoms with E-state index < -0.39 is 10.8 Å². The fourth-order valence-corrected chi connectivity index (χ4v) is 3.49. The Morgan fingerprint density at radius 2 is 1.79 bits per heavy atom. The second-order valence-electron chi connectivity index (χ2n) is 5.25. The zero-order valence-electron chi connectivity index (χ0n) is 13.5. The first-order chi connectivity index (χ1) is 11.8. The highest BCUT2D eigenvalue weighted by Crippen LogP contribution is 2.23. The van der Waals surface area contributed by atoms with E-state index in [9.17, 15) is 4.21 Å². The zero-order valence-corrected chi connectivity index (χ0v) is 14.3. The minimum absolute atomic E-state index is 0.285. The predicted octanol–water partition coefficient (Wildman–Crippen LogP) is 4.19. The maximum atomic E-state index is 12.4. The van der Waals surface area contributed by atoms with Gasteiger partial charge >= 0.3 is 0 Å². The molecule has 5 heteroatoms. The Bertz CT molecular complexity index is 814. The molecule has 0 N–H and O–H groups in total. The minimum atomic E-state index is -1.12. The molecule has 0 amide bonds. The summed E-state index contributed by atoms with van der Waals surface area (Å²) in [4.78, 5) is 4.24. The number of ether oxygens (including phenoxy) is 1. The first-order valence-corrected chi connectivity index (χ1v) is 9.31. The first kappa shape index (κ1) is 16.5. The minimum Gasteiger partial charge on any atom is -0.494 e. The van der Waals surface area contributed by atoms with Crippen molar-refractivity contribution in [2.75, 3.05) is 6.61 Å². The number of hydrogen-bond acceptors (Lipinski definition) is 4. The topological polar surface area (TPSA) is 52.3 Å². The SMILES string of the molecule is CCOc1ccccc1C[S@](=O)Cc1ncc(-c2ccccc2)o1. The van der Waals surface area contributed by atoms with Crippen LogP contribution >= 0.6 is 0 Å². The van der Waals surface area contributed by atoms with Gasteiger partial charge in [-0.2, -0.15) is 0 Å². The van der Waals surface area contributed by atoms with Gasteiger partial charge in [-0.05, 0) is 13.0 Å². The number of nitrogens with zero attached hydrogens (tertiary/aromatic N) is 1. The number of hydrogen-bond donors (Lipinski definition) is 0. The van der Waals surface area contributed by atoms with Crippen LogP contribution in [0.1, 0.15) is 18.4 Å². The Labute approximate surface area is 144 Å². The highest BCUT2D eigenvalue weighted by Gasteiger charge is 2.12. The number of benzene rings is 2. The molecule has 0 spiro atoms. The second-order valence-corrected chi connectivity index (χ2v) is 6.71. The van der Waals surface area contributed by atoms with E-state index in [-0.39, 0.29) is 5.75 Å². The van der Waals surface area contributed by atoms with Gasteiger partial charge in [0.1, 0.15) is 11.5 Å². The lowest BCUT2D eigenvalue weighted by atomic mass is 10.2. The summed E-state index contributed by atoms with van der Waals surface area (Å²) in [7, 11) is -1.12. The number of aromatic nitrogens is 1. The molecule has 24 heavy (non-hydrogen) atoms. The molecule has 4 nitrogen and oxygen atoms in total. The van der Waals surface area contributed by atoms with E-state index >= 15 is 0 Å². The maximum absolute atomic E-state index is 12.4. The third-order valence-corrected chi connectivity index (χ3v) is 4.69. The van der Waals surface area contributed by atoms with Gasteiger partial charge in [0, 0.05) is 21.9 Å². The van der Waals surface area contributed by atoms with E-state index in [0.29, 0.717) is 24.0 Å². The van der Waals surface area contributed by atoms with Gasteiger partial charge in [0.15, 0.2) is 5.76 Å². The van der Waals surface area contributed by atoms with Gasteiger partial charge in [-0.15, -0.1) is 0 Å². The van der Waals surface area contributed by atoms with Crippen molar-refractivity contribution in [2.24, 2.45) is 0 Å². The van der Waals surface area contributed by atoms with Crippen molar-refractivity contribution in [2.45, 2.75) is 18.4 Å². The highest BCUT2D eigenvalue weighted by molar-refractivity contribution is 7.83. The van der Waals surface area contributed by atoms with Crippen LogP contribution in [0, 0.1) is 0 Å². The van der Waals surface area contributed by atoms with E-state index in [1.807, 2.05) is 61.5 Å². The molecule has 0 fully saturated rings. The van der Waals surface area contributed by atoms with Crippen LogP contribution in [0.4, 0.5) is 0 Å². The molecular weight excluding hydrogens is 322 g/mol. The maximum Gasteiger partial charge on any atom is 0.207 e. The molecule has 0 radical (unpaired) electrons. The van der Waals surface area contributed by atoms with Gasteiger partial charge in [0.2, 0.25) is 5.89 Å². The molecule has 0 aliphatic rings. The Kier molecular flexibility index (Phi) is 5.43. The molecule has 3 rings (SSSR count). The van der Waals surface area contributed by atoms with Crippen molar-refractivity contribution in [3.05, 3.63) is 72.2 Å². The van der Waals surface area contributed by atoms with Crippen molar-refractivity contribution >= 4 is 10.8 Å². The molecule has 1 aromatic heterocycles. The second kappa shape index (κ2) is 7.93. The van der Waals surface area contributed by atoms with Crippen LogP contribution in [-0.4, -0.2) is 15.8 Å². The summed E-state index contributed by atoms with van der Waals surface area (Å²) >= 11 is 0. The van der Waals surface area contributed by atoms with Gasteiger partial charge in [0.25, 0.3) is 0 Å². The van der Waals surface area contributed by atoms with Crippen molar-refractivity contribution < 1.29 is 13.4 Å². The van der Waals surface area contributed by atoms with Gasteiger partial charge in [0.05, 0.1) is 18.6 Å². The third-order valence-electron chi connectivity index (χ3n) is 3.49. The van der Waals surface area contributed by atoms with E-state index in [0.717, 1.165) is 16.9 Å². The van der Waals surface area contributed by atoms with E-state index in [1.54, 1.807) is 6.20 Å². The molecule has 0 aliphatic heterocycles. The van der Waals surface area contributed by atoms with Crippen LogP contribution in [0.2, 0.25) is 0 Å². The van der Waals surface area contributed by atoms with Crippen molar-refractivity contribution in [3.8, 4) is 17.1 Å². The molecule has 1 heterocycles. The van der Waals surface area contributed by atoms with E-state index in [4.69, 9.17) is 9.15 Å². The number of rotatable bonds is 7. The van der Waals surface area contributed by atoms with Gasteiger partial charge in [-0.25, -0.2) is 4.98 Å². The van der Waals surface area contributed by atoms with Crippen molar-refractivity contribution in [3.63, 3.8) is 0 Å². The summed E-state index contributed by atoms with van der Waals surface area (Å²) in [6.07, 6.45) is 1.68. The standard InChI is InChI=1S/C19H19NO3S/c1-2-22-17-11-7-6-10-16(17)13-24(21)14-19-20-12-18(23-19)15-8-4-3-5-9-15/h3-12H,2,13-14H2,1H3/t24-/m0/s1. The van der Waals surface area contributed by atoms with Gasteiger partial charge in [-0.3, -0.25) is 4.21 Å². The molecule has 2 aromatic carbocycles. The molecule has 0 aliphatic carbocycles. The van der Waals surface area contributed by atoms with Crippen molar-refractivity contribution in [1.82, 2.24) is 4.98 Å². The Morgan fingerprint density at radius 1 is 1.04 bits per heavy atom. The fourth-order valence-electron chi connectivity index (χ4n) is 2.39. The summed E-state index contributed by atoms with van der Waals surface area (Å²) in [6, 6.07) is 17.4. The van der Waals surface area contributed by atoms with Gasteiger partial charge < -0.3 is 9.15 Å². The molecule has 0 saturated heterocycles. The van der Waals surface area contributed by atoms with Crippen molar-refractivity contribution in [1.29, 1.82) is 0 Å². The summed E-state index contributed by atoms with van der Waals surface area (Å²) in [5, 5.41) is 0. The molecule has 3 aromatic rings. The fraction of sp³-hybridized carbons (Fsp3) is 0.211. The summed E-state index contributed by atoms with van der Waals surface area (Å²) in [5.41, 5.74) is 1.90. The number of para-hydroxylation sites is 1. The summed E-state index contributed by atoms with van der Waals surface area (Å²) < 4.78 is 23.7. The normalized spacial score (nSPS) is 12.0. The van der Waals surface area contributed by atoms with Crippen LogP contribution in [0.5, 0.6) is 5.75 Å². The number of oxazole rings is 1. The van der Waals surface area contributed by atoms with Crippen LogP contribution in [0.3, 0.4) is 0 Å². The lowest BCUT2D eigenvalue weighted by Crippen LogP contribution is -2.02. The Morgan fingerprint density at radius 3 is 2.58 bits per heavy atom. The monoisotopic (exact) mass is 341 g/mol. The van der Waals surface area contributed by atoms with E-state index in [2.05, 4.69) is 4.98 Å². The third kappa shape index (κ3) is 4.11. The summed E-state index contributed by atoms with van der Waals surface area (Å²) in [5.74, 6) is 2.66. The molecule has 0 unspecified atom stereocenters. The zero-order chi connectivity index (χ0) is 16.8. The first-order valence-electron chi connectivity index (χ1n) is 7.82. The Hall–Kier alpha value is -2.40. The average Bonchev–Trinajstić information content (AvgIpc) is 3.06. The Balaban J connectivity index is 1.67. The van der Waals surface area contributed by atoms with Crippen LogP contribution in [-0.2, 0) is 22.3 Å². The molecule has 124 valence electrons. The average molecular weight is 341 g/mol. The molecule has 0 bridgehead atoms. The van der Waals surface area contributed by atoms with Crippen LogP contribution < -0.4 is 4.74 Å². The molecule has 1 atom stereocenters. The molecule has 0 saturated carbocycles. The highest BCUT2D eigenvalue weighted by atomic mass is 32.2. The smallest absolute Gasteiger partial charge is 0.207 e. The lowest BCUT2D eigenvalue weighted by Gasteiger charge is -2.09.